The summed E-state index contributed by atoms with van der Waals surface area (Å²) >= 11 is 0. The molecule has 1 aliphatic heterocycles. The molecule has 0 amide bonds. The average Bonchev–Trinajstić information content (AvgIpc) is 2.77. The normalized spacial score (nSPS) is 17.6. The largest absolute Gasteiger partial charge is 0.497 e. The summed E-state index contributed by atoms with van der Waals surface area (Å²) in [5.74, 6) is 1.25. The lowest BCUT2D eigenvalue weighted by molar-refractivity contribution is 0.413. The van der Waals surface area contributed by atoms with Crippen molar-refractivity contribution in [3.63, 3.8) is 0 Å². The van der Waals surface area contributed by atoms with Crippen LogP contribution in [0.4, 0.5) is 11.4 Å². The number of para-hydroxylation sites is 1. The van der Waals surface area contributed by atoms with Gasteiger partial charge >= 0.3 is 0 Å². The van der Waals surface area contributed by atoms with Crippen LogP contribution in [0.15, 0.2) is 53.4 Å². The Bertz CT molecular complexity index is 598. The molecule has 18 heavy (non-hydrogen) atoms. The minimum atomic E-state index is -0.994. The van der Waals surface area contributed by atoms with E-state index in [1.165, 1.54) is 0 Å². The first-order chi connectivity index (χ1) is 8.79. The van der Waals surface area contributed by atoms with Crippen molar-refractivity contribution < 1.29 is 8.95 Å². The second-order valence-electron chi connectivity index (χ2n) is 4.07. The van der Waals surface area contributed by atoms with Gasteiger partial charge in [0.05, 0.1) is 28.5 Å². The van der Waals surface area contributed by atoms with E-state index in [0.29, 0.717) is 5.88 Å². The lowest BCUT2D eigenvalue weighted by atomic mass is 10.2. The fourth-order valence-corrected chi connectivity index (χ4v) is 3.43. The Morgan fingerprint density at radius 1 is 1.17 bits per heavy atom. The molecule has 2 aromatic rings. The summed E-state index contributed by atoms with van der Waals surface area (Å²) in [4.78, 5) is 2.92. The molecule has 3 nitrogen and oxygen atoms in total. The molecule has 0 aliphatic carbocycles. The van der Waals surface area contributed by atoms with Crippen LogP contribution in [0.5, 0.6) is 5.75 Å². The Morgan fingerprint density at radius 3 is 2.67 bits per heavy atom. The monoisotopic (exact) mass is 259 g/mol. The van der Waals surface area contributed by atoms with Gasteiger partial charge in [-0.15, -0.1) is 0 Å². The third-order valence-corrected chi connectivity index (χ3v) is 4.33. The maximum atomic E-state index is 12.1. The lowest BCUT2D eigenvalue weighted by Crippen LogP contribution is -2.13. The lowest BCUT2D eigenvalue weighted by Gasteiger charge is -2.18. The Balaban J connectivity index is 2.07. The van der Waals surface area contributed by atoms with Crippen molar-refractivity contribution in [2.45, 2.75) is 4.90 Å². The minimum absolute atomic E-state index is 0.506. The second-order valence-corrected chi connectivity index (χ2v) is 5.46. The Kier molecular flexibility index (Phi) is 2.80. The molecule has 1 atom stereocenters. The average molecular weight is 259 g/mol. The number of fused-ring (bicyclic) bond motifs is 1. The van der Waals surface area contributed by atoms with Gasteiger partial charge in [0, 0.05) is 5.69 Å². The first-order valence-corrected chi connectivity index (χ1v) is 7.00. The highest BCUT2D eigenvalue weighted by Crippen LogP contribution is 2.38. The van der Waals surface area contributed by atoms with Crippen LogP contribution in [-0.2, 0) is 10.8 Å². The summed E-state index contributed by atoms with van der Waals surface area (Å²) in [6.07, 6.45) is 0. The van der Waals surface area contributed by atoms with E-state index in [-0.39, 0.29) is 0 Å². The summed E-state index contributed by atoms with van der Waals surface area (Å²) in [7, 11) is 0.625. The molecule has 0 saturated heterocycles. The molecule has 0 spiro atoms. The maximum absolute atomic E-state index is 12.1. The van der Waals surface area contributed by atoms with Crippen LogP contribution in [0.1, 0.15) is 0 Å². The molecule has 0 radical (unpaired) electrons. The van der Waals surface area contributed by atoms with Gasteiger partial charge in [-0.2, -0.15) is 0 Å². The van der Waals surface area contributed by atoms with Crippen LogP contribution in [0.2, 0.25) is 0 Å². The van der Waals surface area contributed by atoms with Gasteiger partial charge in [0.25, 0.3) is 0 Å². The van der Waals surface area contributed by atoms with E-state index in [0.717, 1.165) is 22.0 Å². The van der Waals surface area contributed by atoms with E-state index in [2.05, 4.69) is 4.90 Å². The van der Waals surface area contributed by atoms with Crippen molar-refractivity contribution in [1.82, 2.24) is 0 Å². The van der Waals surface area contributed by atoms with Gasteiger partial charge in [-0.05, 0) is 30.3 Å². The summed E-state index contributed by atoms with van der Waals surface area (Å²) in [5.41, 5.74) is 2.06. The number of methoxy groups -OCH3 is 1. The zero-order chi connectivity index (χ0) is 12.5. The number of nitrogens with zero attached hydrogens (tertiary/aromatic N) is 1. The van der Waals surface area contributed by atoms with E-state index in [4.69, 9.17) is 4.74 Å². The van der Waals surface area contributed by atoms with Gasteiger partial charge in [-0.3, -0.25) is 4.21 Å². The number of anilines is 2. The number of benzene rings is 2. The molecular weight excluding hydrogens is 246 g/mol. The molecule has 4 heteroatoms. The van der Waals surface area contributed by atoms with E-state index in [1.54, 1.807) is 7.11 Å². The van der Waals surface area contributed by atoms with Crippen molar-refractivity contribution in [1.29, 1.82) is 0 Å². The minimum Gasteiger partial charge on any atom is -0.497 e. The fourth-order valence-electron chi connectivity index (χ4n) is 2.10. The van der Waals surface area contributed by atoms with Gasteiger partial charge in [0.2, 0.25) is 0 Å². The molecule has 1 heterocycles. The summed E-state index contributed by atoms with van der Waals surface area (Å²) < 4.78 is 17.3. The molecule has 1 aliphatic rings. The molecular formula is C14H13NO2S. The molecule has 0 fully saturated rings. The fraction of sp³-hybridized carbons (Fsp3) is 0.143. The van der Waals surface area contributed by atoms with E-state index < -0.39 is 10.8 Å². The van der Waals surface area contributed by atoms with E-state index >= 15 is 0 Å². The zero-order valence-electron chi connectivity index (χ0n) is 10.00. The highest BCUT2D eigenvalue weighted by Gasteiger charge is 2.26. The Morgan fingerprint density at radius 2 is 1.94 bits per heavy atom. The smallest absolute Gasteiger partial charge is 0.120 e. The Hall–Kier alpha value is -1.81. The van der Waals surface area contributed by atoms with Gasteiger partial charge in [0.1, 0.15) is 11.6 Å². The molecule has 92 valence electrons. The van der Waals surface area contributed by atoms with Crippen LogP contribution in [-0.4, -0.2) is 17.2 Å². The highest BCUT2D eigenvalue weighted by molar-refractivity contribution is 7.85. The van der Waals surface area contributed by atoms with Gasteiger partial charge in [-0.1, -0.05) is 18.2 Å². The van der Waals surface area contributed by atoms with Crippen LogP contribution in [0.3, 0.4) is 0 Å². The molecule has 0 bridgehead atoms. The summed E-state index contributed by atoms with van der Waals surface area (Å²) in [5, 5.41) is 0. The van der Waals surface area contributed by atoms with Crippen molar-refractivity contribution in [3.8, 4) is 5.75 Å². The third kappa shape index (κ3) is 1.78. The van der Waals surface area contributed by atoms with Crippen LogP contribution in [0.25, 0.3) is 0 Å². The predicted molar refractivity (Wildman–Crippen MR) is 72.9 cm³/mol. The highest BCUT2D eigenvalue weighted by atomic mass is 32.2. The van der Waals surface area contributed by atoms with Crippen molar-refractivity contribution in [3.05, 3.63) is 48.5 Å². The second kappa shape index (κ2) is 4.46. The topological polar surface area (TPSA) is 29.5 Å². The van der Waals surface area contributed by atoms with Crippen molar-refractivity contribution >= 4 is 22.2 Å². The molecule has 1 unspecified atom stereocenters. The van der Waals surface area contributed by atoms with Gasteiger partial charge in [0.15, 0.2) is 0 Å². The Labute approximate surface area is 108 Å². The van der Waals surface area contributed by atoms with Crippen LogP contribution in [0, 0.1) is 0 Å². The first-order valence-electron chi connectivity index (χ1n) is 5.68. The van der Waals surface area contributed by atoms with Gasteiger partial charge < -0.3 is 9.64 Å². The van der Waals surface area contributed by atoms with E-state index in [9.17, 15) is 4.21 Å². The number of rotatable bonds is 2. The van der Waals surface area contributed by atoms with E-state index in [1.807, 2.05) is 48.5 Å². The van der Waals surface area contributed by atoms with Crippen LogP contribution < -0.4 is 9.64 Å². The van der Waals surface area contributed by atoms with Crippen LogP contribution >= 0.6 is 0 Å². The number of hydrogen-bond acceptors (Lipinski definition) is 3. The quantitative estimate of drug-likeness (QED) is 0.830. The molecule has 2 aromatic carbocycles. The molecule has 0 aromatic heterocycles. The SMILES string of the molecule is COc1ccc2c(c1)S(=O)CN2c1ccccc1. The predicted octanol–water partition coefficient (Wildman–Crippen LogP) is 2.91. The first kappa shape index (κ1) is 11.3. The standard InChI is InChI=1S/C14H13NO2S/c1-17-12-7-8-13-14(9-12)18(16)10-15(13)11-5-3-2-4-6-11/h2-9H,10H2,1H3. The molecule has 3 rings (SSSR count). The number of ether oxygens (including phenoxy) is 1. The number of hydrogen-bond donors (Lipinski definition) is 0. The van der Waals surface area contributed by atoms with Crippen molar-refractivity contribution in [2.75, 3.05) is 17.9 Å². The zero-order valence-corrected chi connectivity index (χ0v) is 10.8. The van der Waals surface area contributed by atoms with Crippen molar-refractivity contribution in [2.24, 2.45) is 0 Å². The molecule has 0 N–H and O–H groups in total. The molecule has 0 saturated carbocycles. The third-order valence-electron chi connectivity index (χ3n) is 3.02. The summed E-state index contributed by atoms with van der Waals surface area (Å²) in [6, 6.07) is 15.7. The summed E-state index contributed by atoms with van der Waals surface area (Å²) in [6.45, 7) is 0. The van der Waals surface area contributed by atoms with Gasteiger partial charge in [-0.25, -0.2) is 0 Å². The maximum Gasteiger partial charge on any atom is 0.120 e.